The number of nitrogens with two attached hydrogens (primary N) is 1. The summed E-state index contributed by atoms with van der Waals surface area (Å²) in [6.45, 7) is 4.72. The molecule has 2 aliphatic rings. The molecule has 1 saturated carbocycles. The summed E-state index contributed by atoms with van der Waals surface area (Å²) in [5.41, 5.74) is 5.82. The van der Waals surface area contributed by atoms with Crippen molar-refractivity contribution >= 4 is 24.3 Å². The van der Waals surface area contributed by atoms with E-state index in [0.717, 1.165) is 32.4 Å². The highest BCUT2D eigenvalue weighted by molar-refractivity contribution is 5.95. The molecule has 2 fully saturated rings. The molecule has 1 atom stereocenters. The Morgan fingerprint density at radius 1 is 1.42 bits per heavy atom. The van der Waals surface area contributed by atoms with Crippen LogP contribution in [0.5, 0.6) is 0 Å². The topological polar surface area (TPSA) is 87.5 Å². The van der Waals surface area contributed by atoms with Gasteiger partial charge < -0.3 is 11.1 Å². The average Bonchev–Trinajstić information content (AvgIpc) is 3.02. The number of hydrogen-bond donors (Lipinski definition) is 3. The summed E-state index contributed by atoms with van der Waals surface area (Å²) in [6.07, 6.45) is 3.04. The SMILES string of the molecule is CC1(CN)CCN(CC(=O)NC(=O)NC2CC2)C1.Cl. The Morgan fingerprint density at radius 2 is 2.11 bits per heavy atom. The summed E-state index contributed by atoms with van der Waals surface area (Å²) >= 11 is 0. The first-order valence-electron chi connectivity index (χ1n) is 6.53. The van der Waals surface area contributed by atoms with Gasteiger partial charge in [-0.05, 0) is 37.8 Å². The second-order valence-corrected chi connectivity index (χ2v) is 5.77. The minimum Gasteiger partial charge on any atom is -0.335 e. The maximum atomic E-state index is 11.7. The molecule has 0 aromatic carbocycles. The summed E-state index contributed by atoms with van der Waals surface area (Å²) in [4.78, 5) is 25.1. The third kappa shape index (κ3) is 4.97. The van der Waals surface area contributed by atoms with Gasteiger partial charge in [0.25, 0.3) is 0 Å². The molecule has 110 valence electrons. The smallest absolute Gasteiger partial charge is 0.321 e. The van der Waals surface area contributed by atoms with Crippen LogP contribution in [-0.2, 0) is 4.79 Å². The standard InChI is InChI=1S/C12H22N4O2.ClH/c1-12(7-13)4-5-16(8-12)6-10(17)15-11(18)14-9-2-3-9;/h9H,2-8,13H2,1H3,(H2,14,15,17,18);1H. The van der Waals surface area contributed by atoms with E-state index in [0.29, 0.717) is 6.54 Å². The zero-order chi connectivity index (χ0) is 13.2. The molecular formula is C12H23ClN4O2. The van der Waals surface area contributed by atoms with Crippen LogP contribution >= 0.6 is 12.4 Å². The summed E-state index contributed by atoms with van der Waals surface area (Å²) in [5.74, 6) is -0.241. The van der Waals surface area contributed by atoms with Crippen LogP contribution in [0.15, 0.2) is 0 Å². The van der Waals surface area contributed by atoms with E-state index in [1.54, 1.807) is 0 Å². The first-order chi connectivity index (χ1) is 8.50. The molecule has 7 heteroatoms. The Hall–Kier alpha value is -0.850. The van der Waals surface area contributed by atoms with E-state index in [-0.39, 0.29) is 42.3 Å². The van der Waals surface area contributed by atoms with E-state index in [4.69, 9.17) is 5.73 Å². The predicted molar refractivity (Wildman–Crippen MR) is 75.2 cm³/mol. The largest absolute Gasteiger partial charge is 0.335 e. The van der Waals surface area contributed by atoms with Crippen molar-refractivity contribution in [1.29, 1.82) is 0 Å². The lowest BCUT2D eigenvalue weighted by atomic mass is 9.90. The molecule has 1 aliphatic carbocycles. The van der Waals surface area contributed by atoms with Gasteiger partial charge in [-0.1, -0.05) is 6.92 Å². The van der Waals surface area contributed by atoms with Gasteiger partial charge in [-0.3, -0.25) is 15.0 Å². The summed E-state index contributed by atoms with van der Waals surface area (Å²) in [7, 11) is 0. The van der Waals surface area contributed by atoms with Gasteiger partial charge in [0.2, 0.25) is 5.91 Å². The van der Waals surface area contributed by atoms with Gasteiger partial charge >= 0.3 is 6.03 Å². The van der Waals surface area contributed by atoms with Gasteiger partial charge in [-0.25, -0.2) is 4.79 Å². The Labute approximate surface area is 119 Å². The van der Waals surface area contributed by atoms with Crippen molar-refractivity contribution in [3.05, 3.63) is 0 Å². The summed E-state index contributed by atoms with van der Waals surface area (Å²) < 4.78 is 0. The normalized spacial score (nSPS) is 26.6. The van der Waals surface area contributed by atoms with Gasteiger partial charge in [0.05, 0.1) is 6.54 Å². The van der Waals surface area contributed by atoms with Crippen LogP contribution < -0.4 is 16.4 Å². The number of nitrogens with zero attached hydrogens (tertiary/aromatic N) is 1. The minimum atomic E-state index is -0.372. The van der Waals surface area contributed by atoms with Gasteiger partial charge in [-0.15, -0.1) is 12.4 Å². The fourth-order valence-corrected chi connectivity index (χ4v) is 2.25. The minimum absolute atomic E-state index is 0. The van der Waals surface area contributed by atoms with E-state index in [9.17, 15) is 9.59 Å². The van der Waals surface area contributed by atoms with Gasteiger partial charge in [0.15, 0.2) is 0 Å². The molecule has 0 aromatic rings. The number of amides is 3. The average molecular weight is 291 g/mol. The fraction of sp³-hybridized carbons (Fsp3) is 0.833. The first-order valence-corrected chi connectivity index (χ1v) is 6.53. The number of imide groups is 1. The lowest BCUT2D eigenvalue weighted by Gasteiger charge is -2.22. The number of rotatable bonds is 4. The Morgan fingerprint density at radius 3 is 2.63 bits per heavy atom. The fourth-order valence-electron chi connectivity index (χ4n) is 2.25. The Balaban J connectivity index is 0.00000180. The highest BCUT2D eigenvalue weighted by Crippen LogP contribution is 2.27. The molecule has 0 bridgehead atoms. The monoisotopic (exact) mass is 290 g/mol. The van der Waals surface area contributed by atoms with Crippen molar-refractivity contribution in [2.45, 2.75) is 32.2 Å². The Kier molecular flexibility index (Phi) is 5.58. The van der Waals surface area contributed by atoms with Crippen molar-refractivity contribution in [1.82, 2.24) is 15.5 Å². The van der Waals surface area contributed by atoms with Crippen molar-refractivity contribution < 1.29 is 9.59 Å². The van der Waals surface area contributed by atoms with Gasteiger partial charge in [0, 0.05) is 12.6 Å². The van der Waals surface area contributed by atoms with Gasteiger partial charge in [-0.2, -0.15) is 0 Å². The molecule has 3 amide bonds. The van der Waals surface area contributed by atoms with E-state index in [2.05, 4.69) is 17.6 Å². The lowest BCUT2D eigenvalue weighted by Crippen LogP contribution is -2.45. The molecule has 0 aromatic heterocycles. The van der Waals surface area contributed by atoms with Crippen LogP contribution in [-0.4, -0.2) is 49.1 Å². The van der Waals surface area contributed by atoms with Crippen LogP contribution in [0.4, 0.5) is 4.79 Å². The van der Waals surface area contributed by atoms with Crippen molar-refractivity contribution in [3.63, 3.8) is 0 Å². The second kappa shape index (κ2) is 6.54. The quantitative estimate of drug-likeness (QED) is 0.684. The molecule has 1 heterocycles. The Bertz CT molecular complexity index is 349. The number of hydrogen-bond acceptors (Lipinski definition) is 4. The highest BCUT2D eigenvalue weighted by Gasteiger charge is 2.33. The molecule has 6 nitrogen and oxygen atoms in total. The highest BCUT2D eigenvalue weighted by atomic mass is 35.5. The van der Waals surface area contributed by atoms with Crippen LogP contribution in [0.2, 0.25) is 0 Å². The molecule has 19 heavy (non-hydrogen) atoms. The zero-order valence-electron chi connectivity index (χ0n) is 11.3. The number of urea groups is 1. The summed E-state index contributed by atoms with van der Waals surface area (Å²) in [5, 5.41) is 5.09. The number of likely N-dealkylation sites (tertiary alicyclic amines) is 1. The molecule has 1 unspecified atom stereocenters. The van der Waals surface area contributed by atoms with Crippen molar-refractivity contribution in [3.8, 4) is 0 Å². The summed E-state index contributed by atoms with van der Waals surface area (Å²) in [6, 6.07) is -0.103. The lowest BCUT2D eigenvalue weighted by molar-refractivity contribution is -0.121. The van der Waals surface area contributed by atoms with E-state index in [1.165, 1.54) is 0 Å². The molecule has 4 N–H and O–H groups in total. The van der Waals surface area contributed by atoms with Crippen molar-refractivity contribution in [2.75, 3.05) is 26.2 Å². The van der Waals surface area contributed by atoms with E-state index in [1.807, 2.05) is 4.90 Å². The van der Waals surface area contributed by atoms with Crippen molar-refractivity contribution in [2.24, 2.45) is 11.1 Å². The third-order valence-electron chi connectivity index (χ3n) is 3.66. The third-order valence-corrected chi connectivity index (χ3v) is 3.66. The van der Waals surface area contributed by atoms with E-state index >= 15 is 0 Å². The zero-order valence-corrected chi connectivity index (χ0v) is 12.1. The molecule has 0 radical (unpaired) electrons. The van der Waals surface area contributed by atoms with E-state index < -0.39 is 0 Å². The first kappa shape index (κ1) is 16.2. The molecule has 1 saturated heterocycles. The van der Waals surface area contributed by atoms with Crippen LogP contribution in [0.1, 0.15) is 26.2 Å². The number of carbonyl (C=O) groups excluding carboxylic acids is 2. The number of carbonyl (C=O) groups is 2. The number of nitrogens with one attached hydrogen (secondary N) is 2. The van der Waals surface area contributed by atoms with Crippen LogP contribution in [0.3, 0.4) is 0 Å². The molecule has 0 spiro atoms. The maximum Gasteiger partial charge on any atom is 0.321 e. The molecule has 1 aliphatic heterocycles. The predicted octanol–water partition coefficient (Wildman–Crippen LogP) is 0.0671. The number of halogens is 1. The second-order valence-electron chi connectivity index (χ2n) is 5.77. The van der Waals surface area contributed by atoms with Crippen LogP contribution in [0.25, 0.3) is 0 Å². The maximum absolute atomic E-state index is 11.7. The van der Waals surface area contributed by atoms with Crippen LogP contribution in [0, 0.1) is 5.41 Å². The van der Waals surface area contributed by atoms with Gasteiger partial charge in [0.1, 0.15) is 0 Å². The molecular weight excluding hydrogens is 268 g/mol. The molecule has 2 rings (SSSR count).